The van der Waals surface area contributed by atoms with Crippen molar-refractivity contribution in [2.75, 3.05) is 25.1 Å². The fraction of sp³-hybridized carbons (Fsp3) is 0.571. The first kappa shape index (κ1) is 29.2. The molecule has 0 aliphatic carbocycles. The maximum Gasteiger partial charge on any atom is 1.00 e. The Morgan fingerprint density at radius 1 is 1.00 bits per heavy atom. The molecule has 0 aromatic heterocycles. The van der Waals surface area contributed by atoms with Crippen LogP contribution >= 0.6 is 0 Å². The van der Waals surface area contributed by atoms with Gasteiger partial charge in [-0.15, -0.1) is 0 Å². The predicted octanol–water partition coefficient (Wildman–Crippen LogP) is 2.15. The molecule has 1 aliphatic heterocycles. The van der Waals surface area contributed by atoms with E-state index < -0.39 is 16.5 Å². The molecule has 164 valence electrons. The summed E-state index contributed by atoms with van der Waals surface area (Å²) in [5.74, 6) is -0.297. The summed E-state index contributed by atoms with van der Waals surface area (Å²) in [5.41, 5.74) is 1.46. The molecule has 0 saturated carbocycles. The molecule has 1 fully saturated rings. The van der Waals surface area contributed by atoms with Crippen LogP contribution in [0.1, 0.15) is 20.8 Å². The van der Waals surface area contributed by atoms with Crippen LogP contribution in [0.4, 0.5) is 5.69 Å². The van der Waals surface area contributed by atoms with Crippen molar-refractivity contribution in [2.45, 2.75) is 59.0 Å². The number of hydrogen-bond donors (Lipinski definition) is 1. The van der Waals surface area contributed by atoms with E-state index in [-0.39, 0.29) is 24.8 Å². The summed E-state index contributed by atoms with van der Waals surface area (Å²) in [4.78, 5) is 12.8. The number of para-hydroxylation sites is 1. The van der Waals surface area contributed by atoms with Gasteiger partial charge in [0.1, 0.15) is 22.2 Å². The van der Waals surface area contributed by atoms with E-state index in [9.17, 15) is 4.79 Å². The van der Waals surface area contributed by atoms with Crippen molar-refractivity contribution in [1.82, 2.24) is 4.23 Å². The molecular weight excluding hydrogens is 423 g/mol. The van der Waals surface area contributed by atoms with Gasteiger partial charge in [-0.25, -0.2) is 4.79 Å². The van der Waals surface area contributed by atoms with Crippen molar-refractivity contribution in [3.8, 4) is 0 Å². The number of hydrogen-bond acceptors (Lipinski definition) is 6. The fourth-order valence-corrected chi connectivity index (χ4v) is 18.3. The number of rotatable bonds is 7. The number of ether oxygens (including phenoxy) is 2. The number of anilines is 1. The van der Waals surface area contributed by atoms with Crippen molar-refractivity contribution in [3.05, 3.63) is 41.1 Å². The first-order valence-electron chi connectivity index (χ1n) is 10.4. The third kappa shape index (κ3) is 8.41. The molecule has 0 atom stereocenters. The Hall–Kier alpha value is -0.759. The Morgan fingerprint density at radius 3 is 1.90 bits per heavy atom. The summed E-state index contributed by atoms with van der Waals surface area (Å²) in [7, 11) is -3.42. The molecule has 9 heteroatoms. The van der Waals surface area contributed by atoms with E-state index in [4.69, 9.17) is 22.1 Å². The maximum absolute atomic E-state index is 12.8. The number of benzene rings is 1. The summed E-state index contributed by atoms with van der Waals surface area (Å²) in [6.07, 6.45) is 0. The molecule has 0 amide bonds. The molecule has 1 aliphatic rings. The van der Waals surface area contributed by atoms with Gasteiger partial charge in [-0.2, -0.15) is 0 Å². The van der Waals surface area contributed by atoms with Gasteiger partial charge in [-0.05, 0) is 45.0 Å². The summed E-state index contributed by atoms with van der Waals surface area (Å²) in [6, 6.07) is 12.1. The molecule has 1 heterocycles. The normalized spacial score (nSPS) is 17.1. The number of carbonyl (C=O) groups is 1. The van der Waals surface area contributed by atoms with Gasteiger partial charge < -0.3 is 31.7 Å². The second-order valence-electron chi connectivity index (χ2n) is 8.13. The average molecular weight is 461 g/mol. The molecule has 5 nitrogen and oxygen atoms in total. The summed E-state index contributed by atoms with van der Waals surface area (Å²) >= 11 is 5.64. The van der Waals surface area contributed by atoms with Crippen LogP contribution in [-0.4, -0.2) is 46.5 Å². The van der Waals surface area contributed by atoms with Crippen LogP contribution in [0.2, 0.25) is 38.3 Å². The first-order chi connectivity index (χ1) is 13.6. The molecule has 0 spiro atoms. The summed E-state index contributed by atoms with van der Waals surface area (Å²) in [6.45, 7) is 17.1. The fourth-order valence-electron chi connectivity index (χ4n) is 3.66. The largest absolute Gasteiger partial charge is 1.00 e. The van der Waals surface area contributed by atoms with Gasteiger partial charge in [0.25, 0.3) is 0 Å². The quantitative estimate of drug-likeness (QED) is 0.291. The van der Waals surface area contributed by atoms with Gasteiger partial charge in [-0.3, -0.25) is 0 Å². The van der Waals surface area contributed by atoms with Crippen LogP contribution in [0.3, 0.4) is 0 Å². The van der Waals surface area contributed by atoms with Crippen LogP contribution in [-0.2, 0) is 26.9 Å². The molecule has 0 unspecified atom stereocenters. The smallest absolute Gasteiger partial charge is 0.760 e. The van der Waals surface area contributed by atoms with Crippen molar-refractivity contribution >= 4 is 40.8 Å². The van der Waals surface area contributed by atoms with E-state index in [1.807, 2.05) is 51.1 Å². The zero-order valence-corrected chi connectivity index (χ0v) is 22.8. The van der Waals surface area contributed by atoms with Crippen molar-refractivity contribution < 1.29 is 33.1 Å². The maximum atomic E-state index is 12.8. The van der Waals surface area contributed by atoms with Gasteiger partial charge in [0.2, 0.25) is 0 Å². The van der Waals surface area contributed by atoms with Gasteiger partial charge >= 0.3 is 24.8 Å². The average Bonchev–Trinajstić information content (AvgIpc) is 2.87. The number of esters is 1. The van der Waals surface area contributed by atoms with Gasteiger partial charge in [0.15, 0.2) is 0 Å². The summed E-state index contributed by atoms with van der Waals surface area (Å²) in [5, 5.41) is 3.70. The van der Waals surface area contributed by atoms with E-state index in [1.54, 1.807) is 0 Å². The van der Waals surface area contributed by atoms with Gasteiger partial charge in [-0.1, -0.05) is 49.4 Å². The third-order valence-electron chi connectivity index (χ3n) is 4.91. The van der Waals surface area contributed by atoms with Gasteiger partial charge in [0, 0.05) is 18.9 Å². The number of nitrogens with one attached hydrogen (secondary N) is 1. The minimum absolute atomic E-state index is 0. The summed E-state index contributed by atoms with van der Waals surface area (Å²) < 4.78 is 12.6. The second kappa shape index (κ2) is 13.6. The Bertz CT molecular complexity index is 670. The van der Waals surface area contributed by atoms with Crippen LogP contribution in [0.25, 0.3) is 0 Å². The number of nitrogens with zero attached hydrogens (tertiary/aromatic N) is 1. The van der Waals surface area contributed by atoms with Crippen LogP contribution in [0.5, 0.6) is 0 Å². The monoisotopic (exact) mass is 460 g/mol. The topological polar surface area (TPSA) is 50.8 Å². The van der Waals surface area contributed by atoms with E-state index >= 15 is 0 Å². The Morgan fingerprint density at radius 2 is 1.50 bits per heavy atom. The first-order valence-corrected chi connectivity index (χ1v) is 17.1. The Balaban J connectivity index is 0.00000125. The van der Waals surface area contributed by atoms with Crippen LogP contribution in [0.15, 0.2) is 41.1 Å². The molecular formula is C21H37LiN2O3SSi2. The SMILES string of the molecule is CCOC(=O)/C(=C(\[S-])Nc1ccccc1)N1[Si](C)(C)CC[Si]1(C)C.CCOCC.[Li+]. The molecule has 0 radical (unpaired) electrons. The minimum atomic E-state index is -1.71. The van der Waals surface area contributed by atoms with Crippen molar-refractivity contribution in [1.29, 1.82) is 0 Å². The molecule has 1 N–H and O–H groups in total. The second-order valence-corrected chi connectivity index (χ2v) is 18.1. The third-order valence-corrected chi connectivity index (χ3v) is 15.1. The number of carbonyl (C=O) groups excluding carboxylic acids is 1. The molecule has 2 rings (SSSR count). The molecule has 1 aromatic rings. The minimum Gasteiger partial charge on any atom is -0.760 e. The molecule has 30 heavy (non-hydrogen) atoms. The molecule has 1 saturated heterocycles. The van der Waals surface area contributed by atoms with E-state index in [1.165, 1.54) is 12.1 Å². The van der Waals surface area contributed by atoms with E-state index in [2.05, 4.69) is 35.7 Å². The zero-order valence-electron chi connectivity index (χ0n) is 20.0. The predicted molar refractivity (Wildman–Crippen MR) is 130 cm³/mol. The zero-order chi connectivity index (χ0) is 22.1. The van der Waals surface area contributed by atoms with Crippen LogP contribution < -0.4 is 24.2 Å². The van der Waals surface area contributed by atoms with Gasteiger partial charge in [0.05, 0.1) is 6.61 Å². The Labute approximate surface area is 202 Å². The van der Waals surface area contributed by atoms with E-state index in [0.717, 1.165) is 18.9 Å². The molecule has 0 bridgehead atoms. The van der Waals surface area contributed by atoms with Crippen molar-refractivity contribution in [3.63, 3.8) is 0 Å². The Kier molecular flexibility index (Phi) is 13.3. The van der Waals surface area contributed by atoms with Crippen LogP contribution in [0, 0.1) is 0 Å². The van der Waals surface area contributed by atoms with Crippen molar-refractivity contribution in [2.24, 2.45) is 0 Å². The molecule has 1 aromatic carbocycles. The standard InChI is InChI=1S/C17H28N2O2SSi2.C4H10O.Li/c1-6-21-17(20)15(16(22)18-14-10-8-7-9-11-14)19-23(2,3)12-13-24(19,4)5;1-3-5-4-2;/h7-11,18,22H,6,12-13H2,1-5H3;3-4H2,1-2H3;/q;;+1/p-1/b16-15+;;. The van der Waals surface area contributed by atoms with E-state index in [0.29, 0.717) is 17.3 Å².